The molecule has 0 aromatic carbocycles. The number of carbonyl (C=O) groups excluding carboxylic acids is 1. The lowest BCUT2D eigenvalue weighted by Gasteiger charge is -2.14. The second kappa shape index (κ2) is 7.37. The van der Waals surface area contributed by atoms with E-state index < -0.39 is 0 Å². The number of hydrogen-bond donors (Lipinski definition) is 1. The number of unbranched alkanes of at least 4 members (excludes halogenated alkanes) is 1. The maximum absolute atomic E-state index is 11.5. The van der Waals surface area contributed by atoms with Gasteiger partial charge in [-0.1, -0.05) is 13.3 Å². The van der Waals surface area contributed by atoms with E-state index in [0.29, 0.717) is 12.5 Å². The number of aryl methyl sites for hydroxylation is 1. The van der Waals surface area contributed by atoms with Crippen LogP contribution in [0.2, 0.25) is 0 Å². The van der Waals surface area contributed by atoms with Crippen molar-refractivity contribution in [2.45, 2.75) is 66.3 Å². The van der Waals surface area contributed by atoms with Gasteiger partial charge in [0.1, 0.15) is 0 Å². The fraction of sp³-hybridized carbons (Fsp3) is 0.688. The second-order valence-electron chi connectivity index (χ2n) is 5.56. The van der Waals surface area contributed by atoms with Gasteiger partial charge in [0.15, 0.2) is 0 Å². The molecule has 0 aliphatic rings. The summed E-state index contributed by atoms with van der Waals surface area (Å²) < 4.78 is 2.36. The molecule has 1 aromatic heterocycles. The molecule has 1 N–H and O–H groups in total. The minimum atomic E-state index is 0.180. The summed E-state index contributed by atoms with van der Waals surface area (Å²) in [5.74, 6) is 0.180. The third-order valence-corrected chi connectivity index (χ3v) is 3.58. The van der Waals surface area contributed by atoms with Gasteiger partial charge in [-0.25, -0.2) is 0 Å². The lowest BCUT2D eigenvalue weighted by Crippen LogP contribution is -2.25. The number of aromatic nitrogens is 1. The van der Waals surface area contributed by atoms with Crippen LogP contribution in [0.1, 0.15) is 63.0 Å². The SMILES string of the molecule is CCCCC(=O)NCCc1cc(C)n(C(C)C)c1C. The average molecular weight is 264 g/mol. The van der Waals surface area contributed by atoms with Crippen LogP contribution < -0.4 is 5.32 Å². The lowest BCUT2D eigenvalue weighted by atomic mass is 10.1. The normalized spacial score (nSPS) is 11.1. The minimum absolute atomic E-state index is 0.180. The predicted molar refractivity (Wildman–Crippen MR) is 80.5 cm³/mol. The molecule has 0 spiro atoms. The Morgan fingerprint density at radius 1 is 1.37 bits per heavy atom. The molecule has 0 radical (unpaired) electrons. The molecule has 1 amide bonds. The zero-order valence-corrected chi connectivity index (χ0v) is 13.0. The maximum Gasteiger partial charge on any atom is 0.220 e. The molecule has 1 rings (SSSR count). The average Bonchev–Trinajstić information content (AvgIpc) is 2.62. The number of hydrogen-bond acceptors (Lipinski definition) is 1. The summed E-state index contributed by atoms with van der Waals surface area (Å²) in [7, 11) is 0. The van der Waals surface area contributed by atoms with Crippen molar-refractivity contribution in [3.8, 4) is 0 Å². The highest BCUT2D eigenvalue weighted by molar-refractivity contribution is 5.75. The molecule has 0 bridgehead atoms. The highest BCUT2D eigenvalue weighted by Crippen LogP contribution is 2.20. The first-order valence-electron chi connectivity index (χ1n) is 7.41. The zero-order valence-electron chi connectivity index (χ0n) is 13.0. The molecule has 1 heterocycles. The molecule has 3 nitrogen and oxygen atoms in total. The van der Waals surface area contributed by atoms with Gasteiger partial charge in [-0.3, -0.25) is 4.79 Å². The summed E-state index contributed by atoms with van der Waals surface area (Å²) >= 11 is 0. The van der Waals surface area contributed by atoms with Crippen LogP contribution in [-0.2, 0) is 11.2 Å². The maximum atomic E-state index is 11.5. The molecule has 0 saturated heterocycles. The summed E-state index contributed by atoms with van der Waals surface area (Å²) in [4.78, 5) is 11.5. The van der Waals surface area contributed by atoms with Crippen LogP contribution >= 0.6 is 0 Å². The molecule has 0 fully saturated rings. The molecule has 19 heavy (non-hydrogen) atoms. The smallest absolute Gasteiger partial charge is 0.220 e. The molecule has 108 valence electrons. The van der Waals surface area contributed by atoms with Crippen molar-refractivity contribution in [3.63, 3.8) is 0 Å². The highest BCUT2D eigenvalue weighted by Gasteiger charge is 2.11. The van der Waals surface area contributed by atoms with Crippen LogP contribution in [0.4, 0.5) is 0 Å². The van der Waals surface area contributed by atoms with Crippen molar-refractivity contribution in [1.82, 2.24) is 9.88 Å². The Bertz CT molecular complexity index is 419. The summed E-state index contributed by atoms with van der Waals surface area (Å²) in [6.45, 7) is 11.6. The van der Waals surface area contributed by atoms with Crippen molar-refractivity contribution in [3.05, 3.63) is 23.0 Å². The lowest BCUT2D eigenvalue weighted by molar-refractivity contribution is -0.121. The fourth-order valence-corrected chi connectivity index (χ4v) is 2.66. The second-order valence-corrected chi connectivity index (χ2v) is 5.56. The largest absolute Gasteiger partial charge is 0.356 e. The van der Waals surface area contributed by atoms with Gasteiger partial charge in [0.05, 0.1) is 0 Å². The fourth-order valence-electron chi connectivity index (χ4n) is 2.66. The Balaban J connectivity index is 2.50. The molecule has 3 heteroatoms. The molecule has 0 atom stereocenters. The van der Waals surface area contributed by atoms with Gasteiger partial charge in [-0.05, 0) is 52.2 Å². The molecule has 0 saturated carbocycles. The van der Waals surface area contributed by atoms with Crippen LogP contribution in [0.25, 0.3) is 0 Å². The standard InChI is InChI=1S/C16H28N2O/c1-6-7-8-16(19)17-10-9-15-11-13(4)18(12(2)3)14(15)5/h11-12H,6-10H2,1-5H3,(H,17,19). The molecule has 0 aliphatic carbocycles. The molecular formula is C16H28N2O. The predicted octanol–water partition coefficient (Wildman–Crippen LogP) is 3.53. The molecular weight excluding hydrogens is 236 g/mol. The van der Waals surface area contributed by atoms with Crippen LogP contribution in [0.3, 0.4) is 0 Å². The topological polar surface area (TPSA) is 34.0 Å². The van der Waals surface area contributed by atoms with E-state index in [1.807, 2.05) is 0 Å². The summed E-state index contributed by atoms with van der Waals surface area (Å²) in [5.41, 5.74) is 3.98. The van der Waals surface area contributed by atoms with E-state index in [0.717, 1.165) is 25.8 Å². The minimum Gasteiger partial charge on any atom is -0.356 e. The first-order chi connectivity index (χ1) is 8.97. The van der Waals surface area contributed by atoms with Crippen molar-refractivity contribution in [2.75, 3.05) is 6.54 Å². The Kier molecular flexibility index (Phi) is 6.13. The Morgan fingerprint density at radius 3 is 2.58 bits per heavy atom. The van der Waals surface area contributed by atoms with Crippen molar-refractivity contribution in [2.24, 2.45) is 0 Å². The van der Waals surface area contributed by atoms with Gasteiger partial charge in [0.25, 0.3) is 0 Å². The Labute approximate surface area is 117 Å². The quantitative estimate of drug-likeness (QED) is 0.803. The van der Waals surface area contributed by atoms with Crippen molar-refractivity contribution >= 4 is 5.91 Å². The summed E-state index contributed by atoms with van der Waals surface area (Å²) in [6, 6.07) is 2.74. The molecule has 0 aliphatic heterocycles. The summed E-state index contributed by atoms with van der Waals surface area (Å²) in [5, 5.41) is 3.00. The van der Waals surface area contributed by atoms with E-state index in [1.165, 1.54) is 17.0 Å². The van der Waals surface area contributed by atoms with E-state index in [9.17, 15) is 4.79 Å². The third kappa shape index (κ3) is 4.41. The number of nitrogens with one attached hydrogen (secondary N) is 1. The number of carbonyl (C=O) groups is 1. The van der Waals surface area contributed by atoms with Crippen LogP contribution in [0.5, 0.6) is 0 Å². The Hall–Kier alpha value is -1.25. The first kappa shape index (κ1) is 15.8. The monoisotopic (exact) mass is 264 g/mol. The van der Waals surface area contributed by atoms with E-state index in [4.69, 9.17) is 0 Å². The van der Waals surface area contributed by atoms with Gasteiger partial charge in [-0.2, -0.15) is 0 Å². The zero-order chi connectivity index (χ0) is 14.4. The van der Waals surface area contributed by atoms with E-state index in [-0.39, 0.29) is 5.91 Å². The van der Waals surface area contributed by atoms with Gasteiger partial charge < -0.3 is 9.88 Å². The Morgan fingerprint density at radius 2 is 2.05 bits per heavy atom. The van der Waals surface area contributed by atoms with E-state index in [2.05, 4.69) is 50.6 Å². The summed E-state index contributed by atoms with van der Waals surface area (Å²) in [6.07, 6.45) is 3.63. The van der Waals surface area contributed by atoms with Crippen molar-refractivity contribution < 1.29 is 4.79 Å². The number of amides is 1. The molecule has 0 unspecified atom stereocenters. The van der Waals surface area contributed by atoms with Crippen molar-refractivity contribution in [1.29, 1.82) is 0 Å². The van der Waals surface area contributed by atoms with Gasteiger partial charge >= 0.3 is 0 Å². The highest BCUT2D eigenvalue weighted by atomic mass is 16.1. The first-order valence-corrected chi connectivity index (χ1v) is 7.41. The van der Waals surface area contributed by atoms with E-state index >= 15 is 0 Å². The number of rotatable bonds is 7. The van der Waals surface area contributed by atoms with Crippen LogP contribution in [-0.4, -0.2) is 17.0 Å². The van der Waals surface area contributed by atoms with Crippen LogP contribution in [0, 0.1) is 13.8 Å². The third-order valence-electron chi connectivity index (χ3n) is 3.58. The number of nitrogens with zero attached hydrogens (tertiary/aromatic N) is 1. The van der Waals surface area contributed by atoms with E-state index in [1.54, 1.807) is 0 Å². The molecule has 1 aromatic rings. The van der Waals surface area contributed by atoms with Gasteiger partial charge in [0, 0.05) is 30.4 Å². The van der Waals surface area contributed by atoms with Crippen LogP contribution in [0.15, 0.2) is 6.07 Å². The van der Waals surface area contributed by atoms with Gasteiger partial charge in [-0.15, -0.1) is 0 Å². The van der Waals surface area contributed by atoms with Gasteiger partial charge in [0.2, 0.25) is 5.91 Å².